The number of halogens is 1. The molecule has 0 atom stereocenters. The predicted molar refractivity (Wildman–Crippen MR) is 105 cm³/mol. The first-order valence-electron chi connectivity index (χ1n) is 9.13. The first-order valence-corrected chi connectivity index (χ1v) is 9.51. The SMILES string of the molecule is CC(C)(O)c1cccn2c(C3(c4ccc(Cl)cc4-c4ncn[nH]4)CC3)nnc12. The molecule has 5 rings (SSSR count). The molecule has 3 aromatic heterocycles. The molecule has 142 valence electrons. The standard InChI is InChI=1S/C20H19ClN6O/c1-19(2,28)15-4-3-9-27-17(15)25-26-18(27)20(7-8-20)14-6-5-12(21)10-13(14)16-22-11-23-24-16/h3-6,9-11,28H,7-8H2,1-2H3,(H,22,23,24). The molecule has 0 unspecified atom stereocenters. The normalized spacial score (nSPS) is 15.9. The zero-order valence-electron chi connectivity index (χ0n) is 15.5. The van der Waals surface area contributed by atoms with E-state index in [1.54, 1.807) is 13.8 Å². The lowest BCUT2D eigenvalue weighted by Crippen LogP contribution is -2.18. The Labute approximate surface area is 166 Å². The summed E-state index contributed by atoms with van der Waals surface area (Å²) in [4.78, 5) is 4.32. The van der Waals surface area contributed by atoms with Gasteiger partial charge in [-0.1, -0.05) is 23.7 Å². The summed E-state index contributed by atoms with van der Waals surface area (Å²) in [7, 11) is 0. The molecule has 0 amide bonds. The Bertz CT molecular complexity index is 1170. The van der Waals surface area contributed by atoms with E-state index in [-0.39, 0.29) is 5.41 Å². The fraction of sp³-hybridized carbons (Fsp3) is 0.300. The van der Waals surface area contributed by atoms with E-state index >= 15 is 0 Å². The largest absolute Gasteiger partial charge is 0.386 e. The lowest BCUT2D eigenvalue weighted by atomic mass is 9.90. The van der Waals surface area contributed by atoms with Gasteiger partial charge in [0.05, 0.1) is 11.0 Å². The number of nitrogens with zero attached hydrogens (tertiary/aromatic N) is 5. The molecule has 2 N–H and O–H groups in total. The van der Waals surface area contributed by atoms with Crippen LogP contribution in [-0.4, -0.2) is 34.9 Å². The van der Waals surface area contributed by atoms with Crippen molar-refractivity contribution in [2.45, 2.75) is 37.7 Å². The fourth-order valence-corrected chi connectivity index (χ4v) is 4.10. The zero-order valence-corrected chi connectivity index (χ0v) is 16.3. The average molecular weight is 395 g/mol. The van der Waals surface area contributed by atoms with Crippen molar-refractivity contribution in [3.05, 3.63) is 64.8 Å². The van der Waals surface area contributed by atoms with E-state index in [0.29, 0.717) is 16.5 Å². The van der Waals surface area contributed by atoms with Crippen LogP contribution in [0.3, 0.4) is 0 Å². The van der Waals surface area contributed by atoms with Crippen molar-refractivity contribution in [3.63, 3.8) is 0 Å². The van der Waals surface area contributed by atoms with Gasteiger partial charge in [0, 0.05) is 22.3 Å². The summed E-state index contributed by atoms with van der Waals surface area (Å²) in [6.45, 7) is 3.51. The fourth-order valence-electron chi connectivity index (χ4n) is 3.92. The van der Waals surface area contributed by atoms with E-state index in [9.17, 15) is 5.11 Å². The summed E-state index contributed by atoms with van der Waals surface area (Å²) >= 11 is 6.27. The van der Waals surface area contributed by atoms with Crippen molar-refractivity contribution >= 4 is 17.2 Å². The molecule has 0 saturated heterocycles. The van der Waals surface area contributed by atoms with Crippen LogP contribution in [0.15, 0.2) is 42.9 Å². The highest BCUT2D eigenvalue weighted by molar-refractivity contribution is 6.30. The van der Waals surface area contributed by atoms with Gasteiger partial charge in [-0.05, 0) is 50.5 Å². The first-order chi connectivity index (χ1) is 13.4. The molecular weight excluding hydrogens is 376 g/mol. The Kier molecular flexibility index (Phi) is 3.63. The number of aromatic nitrogens is 6. The van der Waals surface area contributed by atoms with Gasteiger partial charge in [-0.2, -0.15) is 5.10 Å². The summed E-state index contributed by atoms with van der Waals surface area (Å²) in [6.07, 6.45) is 5.33. The number of H-pyrrole nitrogens is 1. The second-order valence-electron chi connectivity index (χ2n) is 7.80. The van der Waals surface area contributed by atoms with E-state index < -0.39 is 5.60 Å². The monoisotopic (exact) mass is 394 g/mol. The van der Waals surface area contributed by atoms with Crippen LogP contribution in [0.4, 0.5) is 0 Å². The van der Waals surface area contributed by atoms with Crippen LogP contribution in [0.1, 0.15) is 43.6 Å². The Hall–Kier alpha value is -2.77. The highest BCUT2D eigenvalue weighted by Gasteiger charge is 2.51. The van der Waals surface area contributed by atoms with Crippen molar-refractivity contribution in [1.29, 1.82) is 0 Å². The van der Waals surface area contributed by atoms with Gasteiger partial charge < -0.3 is 5.11 Å². The maximum atomic E-state index is 10.5. The molecule has 4 aromatic rings. The van der Waals surface area contributed by atoms with Crippen LogP contribution < -0.4 is 0 Å². The molecule has 1 aliphatic rings. The lowest BCUT2D eigenvalue weighted by Gasteiger charge is -2.20. The van der Waals surface area contributed by atoms with Crippen molar-refractivity contribution in [3.8, 4) is 11.4 Å². The van der Waals surface area contributed by atoms with E-state index in [2.05, 4.69) is 25.4 Å². The lowest BCUT2D eigenvalue weighted by molar-refractivity contribution is 0.0796. The van der Waals surface area contributed by atoms with Crippen molar-refractivity contribution in [2.24, 2.45) is 0 Å². The molecule has 0 radical (unpaired) electrons. The third-order valence-electron chi connectivity index (χ3n) is 5.44. The minimum atomic E-state index is -1.01. The summed E-state index contributed by atoms with van der Waals surface area (Å²) in [5.74, 6) is 1.53. The second-order valence-corrected chi connectivity index (χ2v) is 8.24. The number of benzene rings is 1. The number of aliphatic hydroxyl groups is 1. The number of aromatic amines is 1. The second kappa shape index (κ2) is 5.86. The number of fused-ring (bicyclic) bond motifs is 1. The summed E-state index contributed by atoms with van der Waals surface area (Å²) in [5, 5.41) is 27.0. The van der Waals surface area contributed by atoms with Gasteiger partial charge in [0.2, 0.25) is 0 Å². The molecule has 3 heterocycles. The topological polar surface area (TPSA) is 92.0 Å². The van der Waals surface area contributed by atoms with Gasteiger partial charge in [-0.3, -0.25) is 9.50 Å². The van der Waals surface area contributed by atoms with Crippen LogP contribution in [0.25, 0.3) is 17.0 Å². The molecule has 1 aliphatic carbocycles. The molecule has 1 aromatic carbocycles. The maximum Gasteiger partial charge on any atom is 0.166 e. The minimum Gasteiger partial charge on any atom is -0.386 e. The Morgan fingerprint density at radius 2 is 2.04 bits per heavy atom. The zero-order chi connectivity index (χ0) is 19.5. The molecule has 7 nitrogen and oxygen atoms in total. The molecule has 8 heteroatoms. The van der Waals surface area contributed by atoms with Crippen LogP contribution in [0.5, 0.6) is 0 Å². The number of hydrogen-bond acceptors (Lipinski definition) is 5. The number of rotatable bonds is 4. The Morgan fingerprint density at radius 3 is 2.71 bits per heavy atom. The molecule has 0 bridgehead atoms. The van der Waals surface area contributed by atoms with E-state index in [1.165, 1.54) is 6.33 Å². The molecule has 1 fully saturated rings. The molecule has 1 saturated carbocycles. The molecular formula is C20H19ClN6O. The van der Waals surface area contributed by atoms with Crippen molar-refractivity contribution < 1.29 is 5.11 Å². The third-order valence-corrected chi connectivity index (χ3v) is 5.67. The highest BCUT2D eigenvalue weighted by atomic mass is 35.5. The van der Waals surface area contributed by atoms with E-state index in [1.807, 2.05) is 40.9 Å². The molecule has 0 aliphatic heterocycles. The Morgan fingerprint density at radius 1 is 1.21 bits per heavy atom. The quantitative estimate of drug-likeness (QED) is 0.553. The van der Waals surface area contributed by atoms with Gasteiger partial charge in [0.15, 0.2) is 11.5 Å². The highest BCUT2D eigenvalue weighted by Crippen LogP contribution is 2.55. The predicted octanol–water partition coefficient (Wildman–Crippen LogP) is 3.48. The number of nitrogens with one attached hydrogen (secondary N) is 1. The number of pyridine rings is 1. The van der Waals surface area contributed by atoms with Gasteiger partial charge in [0.1, 0.15) is 12.2 Å². The summed E-state index contributed by atoms with van der Waals surface area (Å²) in [6, 6.07) is 9.64. The molecule has 0 spiro atoms. The van der Waals surface area contributed by atoms with Crippen LogP contribution >= 0.6 is 11.6 Å². The molecule has 28 heavy (non-hydrogen) atoms. The third kappa shape index (κ3) is 2.54. The van der Waals surface area contributed by atoms with E-state index in [4.69, 9.17) is 11.6 Å². The average Bonchev–Trinajstić information content (AvgIpc) is 3.08. The van der Waals surface area contributed by atoms with Gasteiger partial charge >= 0.3 is 0 Å². The number of hydrogen-bond donors (Lipinski definition) is 2. The summed E-state index contributed by atoms with van der Waals surface area (Å²) < 4.78 is 1.99. The Balaban J connectivity index is 1.72. The van der Waals surface area contributed by atoms with E-state index in [0.717, 1.165) is 35.4 Å². The van der Waals surface area contributed by atoms with Gasteiger partial charge in [0.25, 0.3) is 0 Å². The minimum absolute atomic E-state index is 0.273. The summed E-state index contributed by atoms with van der Waals surface area (Å²) in [5.41, 5.74) is 2.15. The smallest absolute Gasteiger partial charge is 0.166 e. The van der Waals surface area contributed by atoms with Crippen LogP contribution in [-0.2, 0) is 11.0 Å². The first kappa shape index (κ1) is 17.3. The van der Waals surface area contributed by atoms with Crippen molar-refractivity contribution in [1.82, 2.24) is 29.8 Å². The van der Waals surface area contributed by atoms with Crippen LogP contribution in [0.2, 0.25) is 5.02 Å². The maximum absolute atomic E-state index is 10.5. The van der Waals surface area contributed by atoms with Crippen LogP contribution in [0, 0.1) is 0 Å². The van der Waals surface area contributed by atoms with Crippen molar-refractivity contribution in [2.75, 3.05) is 0 Å². The van der Waals surface area contributed by atoms with Gasteiger partial charge in [-0.25, -0.2) is 4.98 Å². The van der Waals surface area contributed by atoms with Gasteiger partial charge in [-0.15, -0.1) is 10.2 Å².